The first-order valence-corrected chi connectivity index (χ1v) is 13.7. The van der Waals surface area contributed by atoms with Gasteiger partial charge in [-0.2, -0.15) is 0 Å². The SMILES string of the molecule is CC/C=C\C/C=C\C/C=C\C/C=C\CCOC(CC)C(=O)NC1CC(C)N(c2ccc(O)c(C(=O)O)c2)C1=O. The van der Waals surface area contributed by atoms with Crippen molar-refractivity contribution in [3.05, 3.63) is 72.4 Å². The predicted octanol–water partition coefficient (Wildman–Crippen LogP) is 5.69. The number of nitrogens with zero attached hydrogens (tertiary/aromatic N) is 1. The number of carbonyl (C=O) groups excluding carboxylic acids is 2. The molecule has 8 nitrogen and oxygen atoms in total. The minimum atomic E-state index is -1.29. The van der Waals surface area contributed by atoms with Crippen molar-refractivity contribution in [2.75, 3.05) is 11.5 Å². The summed E-state index contributed by atoms with van der Waals surface area (Å²) in [4.78, 5) is 38.7. The second-order valence-corrected chi connectivity index (χ2v) is 9.42. The molecule has 39 heavy (non-hydrogen) atoms. The van der Waals surface area contributed by atoms with E-state index in [1.807, 2.05) is 19.9 Å². The third-order valence-electron chi connectivity index (χ3n) is 6.34. The fraction of sp³-hybridized carbons (Fsp3) is 0.452. The van der Waals surface area contributed by atoms with Crippen LogP contribution in [0.4, 0.5) is 5.69 Å². The highest BCUT2D eigenvalue weighted by Crippen LogP contribution is 2.30. The van der Waals surface area contributed by atoms with Crippen LogP contribution in [0.1, 0.15) is 76.1 Å². The molecule has 1 aromatic carbocycles. The van der Waals surface area contributed by atoms with Crippen molar-refractivity contribution in [1.82, 2.24) is 5.32 Å². The van der Waals surface area contributed by atoms with Crippen molar-refractivity contribution < 1.29 is 29.3 Å². The Morgan fingerprint density at radius 1 is 1.05 bits per heavy atom. The lowest BCUT2D eigenvalue weighted by Crippen LogP contribution is -2.46. The van der Waals surface area contributed by atoms with Crippen LogP contribution < -0.4 is 10.2 Å². The Morgan fingerprint density at radius 2 is 1.67 bits per heavy atom. The number of benzene rings is 1. The van der Waals surface area contributed by atoms with Crippen LogP contribution in [0.5, 0.6) is 5.75 Å². The van der Waals surface area contributed by atoms with Gasteiger partial charge in [0.1, 0.15) is 23.5 Å². The van der Waals surface area contributed by atoms with E-state index in [2.05, 4.69) is 54.8 Å². The maximum atomic E-state index is 13.1. The molecule has 0 aromatic heterocycles. The number of carbonyl (C=O) groups is 3. The first kappa shape index (κ1) is 31.6. The van der Waals surface area contributed by atoms with E-state index < -0.39 is 18.1 Å². The van der Waals surface area contributed by atoms with Gasteiger partial charge in [0.25, 0.3) is 0 Å². The number of nitrogens with one attached hydrogen (secondary N) is 1. The van der Waals surface area contributed by atoms with Crippen LogP contribution in [0, 0.1) is 0 Å². The average molecular weight is 539 g/mol. The molecule has 1 aliphatic heterocycles. The highest BCUT2D eigenvalue weighted by molar-refractivity contribution is 6.03. The summed E-state index contributed by atoms with van der Waals surface area (Å²) >= 11 is 0. The third kappa shape index (κ3) is 10.2. The van der Waals surface area contributed by atoms with E-state index in [9.17, 15) is 24.6 Å². The quantitative estimate of drug-likeness (QED) is 0.184. The summed E-state index contributed by atoms with van der Waals surface area (Å²) in [5, 5.41) is 21.9. The molecular formula is C31H42N2O6. The second-order valence-electron chi connectivity index (χ2n) is 9.42. The normalized spacial score (nSPS) is 18.7. The minimum Gasteiger partial charge on any atom is -0.507 e. The highest BCUT2D eigenvalue weighted by Gasteiger charge is 2.40. The van der Waals surface area contributed by atoms with Crippen LogP contribution in [0.3, 0.4) is 0 Å². The first-order chi connectivity index (χ1) is 18.8. The van der Waals surface area contributed by atoms with Crippen molar-refractivity contribution in [3.8, 4) is 5.75 Å². The first-order valence-electron chi connectivity index (χ1n) is 13.7. The molecule has 1 heterocycles. The molecule has 0 aliphatic carbocycles. The van der Waals surface area contributed by atoms with Crippen molar-refractivity contribution in [1.29, 1.82) is 0 Å². The molecule has 2 amide bonds. The molecule has 212 valence electrons. The van der Waals surface area contributed by atoms with Gasteiger partial charge in [0.2, 0.25) is 11.8 Å². The molecule has 3 unspecified atom stereocenters. The Labute approximate surface area is 231 Å². The van der Waals surface area contributed by atoms with E-state index in [-0.39, 0.29) is 29.2 Å². The second kappa shape index (κ2) is 17.0. The number of amides is 2. The average Bonchev–Trinajstić information content (AvgIpc) is 3.18. The van der Waals surface area contributed by atoms with Crippen molar-refractivity contribution >= 4 is 23.5 Å². The zero-order valence-corrected chi connectivity index (χ0v) is 23.2. The fourth-order valence-electron chi connectivity index (χ4n) is 4.30. The largest absolute Gasteiger partial charge is 0.507 e. The molecule has 2 rings (SSSR count). The van der Waals surface area contributed by atoms with Crippen LogP contribution in [0.25, 0.3) is 0 Å². The van der Waals surface area contributed by atoms with Crippen LogP contribution in [0.2, 0.25) is 0 Å². The number of carboxylic acid groups (broad SMARTS) is 1. The Kier molecular flexibility index (Phi) is 13.8. The summed E-state index contributed by atoms with van der Waals surface area (Å²) < 4.78 is 5.78. The zero-order chi connectivity index (χ0) is 28.6. The Balaban J connectivity index is 1.76. The van der Waals surface area contributed by atoms with Crippen LogP contribution in [0.15, 0.2) is 66.8 Å². The van der Waals surface area contributed by atoms with Gasteiger partial charge in [-0.1, -0.05) is 62.5 Å². The number of anilines is 1. The number of aromatic carboxylic acids is 1. The molecule has 1 saturated heterocycles. The predicted molar refractivity (Wildman–Crippen MR) is 154 cm³/mol. The Morgan fingerprint density at radius 3 is 2.26 bits per heavy atom. The van der Waals surface area contributed by atoms with Gasteiger partial charge in [0.05, 0.1) is 6.61 Å². The lowest BCUT2D eigenvalue weighted by molar-refractivity contribution is -0.135. The van der Waals surface area contributed by atoms with Gasteiger partial charge in [0.15, 0.2) is 0 Å². The van der Waals surface area contributed by atoms with E-state index in [1.165, 1.54) is 23.1 Å². The number of allylic oxidation sites excluding steroid dienone is 7. The molecule has 3 atom stereocenters. The summed E-state index contributed by atoms with van der Waals surface area (Å²) in [6, 6.07) is 3.02. The number of aromatic hydroxyl groups is 1. The Bertz CT molecular complexity index is 1070. The van der Waals surface area contributed by atoms with Gasteiger partial charge in [-0.3, -0.25) is 9.59 Å². The van der Waals surface area contributed by atoms with Crippen LogP contribution in [-0.4, -0.2) is 52.8 Å². The molecular weight excluding hydrogens is 496 g/mol. The van der Waals surface area contributed by atoms with Crippen LogP contribution in [-0.2, 0) is 14.3 Å². The van der Waals surface area contributed by atoms with Gasteiger partial charge < -0.3 is 25.2 Å². The summed E-state index contributed by atoms with van der Waals surface area (Å²) in [6.45, 7) is 6.20. The molecule has 3 N–H and O–H groups in total. The molecule has 8 heteroatoms. The highest BCUT2D eigenvalue weighted by atomic mass is 16.5. The molecule has 0 radical (unpaired) electrons. The molecule has 0 saturated carbocycles. The summed E-state index contributed by atoms with van der Waals surface area (Å²) in [6.07, 6.45) is 21.7. The third-order valence-corrected chi connectivity index (χ3v) is 6.34. The van der Waals surface area contributed by atoms with Crippen molar-refractivity contribution in [2.45, 2.75) is 83.9 Å². The van der Waals surface area contributed by atoms with Gasteiger partial charge in [-0.25, -0.2) is 4.79 Å². The smallest absolute Gasteiger partial charge is 0.339 e. The van der Waals surface area contributed by atoms with E-state index in [0.717, 1.165) is 25.7 Å². The van der Waals surface area contributed by atoms with E-state index in [1.54, 1.807) is 0 Å². The summed E-state index contributed by atoms with van der Waals surface area (Å²) in [5.74, 6) is -2.32. The fourth-order valence-corrected chi connectivity index (χ4v) is 4.30. The van der Waals surface area contributed by atoms with Gasteiger partial charge >= 0.3 is 5.97 Å². The van der Waals surface area contributed by atoms with Crippen molar-refractivity contribution in [2.24, 2.45) is 0 Å². The monoisotopic (exact) mass is 538 g/mol. The van der Waals surface area contributed by atoms with Gasteiger partial charge in [-0.15, -0.1) is 0 Å². The molecule has 1 aromatic rings. The number of hydrogen-bond donors (Lipinski definition) is 3. The van der Waals surface area contributed by atoms with Gasteiger partial charge in [0, 0.05) is 11.7 Å². The number of phenols is 1. The molecule has 1 aliphatic rings. The van der Waals surface area contributed by atoms with E-state index in [0.29, 0.717) is 31.6 Å². The molecule has 1 fully saturated rings. The maximum Gasteiger partial charge on any atom is 0.339 e. The zero-order valence-electron chi connectivity index (χ0n) is 23.2. The summed E-state index contributed by atoms with van der Waals surface area (Å²) in [7, 11) is 0. The van der Waals surface area contributed by atoms with Crippen molar-refractivity contribution in [3.63, 3.8) is 0 Å². The molecule has 0 spiro atoms. The van der Waals surface area contributed by atoms with E-state index >= 15 is 0 Å². The summed E-state index contributed by atoms with van der Waals surface area (Å²) in [5.41, 5.74) is 0.0772. The lowest BCUT2D eigenvalue weighted by Gasteiger charge is -2.22. The maximum absolute atomic E-state index is 13.1. The number of ether oxygens (including phenoxy) is 1. The van der Waals surface area contributed by atoms with E-state index in [4.69, 9.17) is 4.74 Å². The molecule has 0 bridgehead atoms. The number of carboxylic acids is 1. The number of hydrogen-bond acceptors (Lipinski definition) is 5. The minimum absolute atomic E-state index is 0.256. The standard InChI is InChI=1S/C31H42N2O6/c1-4-6-7-8-9-10-11-12-13-14-15-16-17-20-39-28(5-2)29(35)32-26-21-23(3)33(30(26)36)24-18-19-27(34)25(22-24)31(37)38/h6-7,9-10,12-13,15-16,18-19,22-23,26,28,34H,4-5,8,11,14,17,20-21H2,1-3H3,(H,32,35)(H,37,38)/b7-6-,10-9-,13-12-,16-15-. The topological polar surface area (TPSA) is 116 Å². The number of rotatable bonds is 16. The van der Waals surface area contributed by atoms with Gasteiger partial charge in [-0.05, 0) is 70.1 Å². The van der Waals surface area contributed by atoms with Crippen LogP contribution >= 0.6 is 0 Å². The Hall–Kier alpha value is -3.65. The lowest BCUT2D eigenvalue weighted by atomic mass is 10.1.